The van der Waals surface area contributed by atoms with E-state index in [0.29, 0.717) is 16.6 Å². The SMILES string of the molecule is CC(C)c1cc(C(=O)OCC(=O)N2CCCCCCC2)c2cnn(C(C)C)c2n1. The summed E-state index contributed by atoms with van der Waals surface area (Å²) in [6, 6.07) is 1.89. The quantitative estimate of drug-likeness (QED) is 0.707. The van der Waals surface area contributed by atoms with Gasteiger partial charge >= 0.3 is 5.97 Å². The predicted molar refractivity (Wildman–Crippen MR) is 112 cm³/mol. The van der Waals surface area contributed by atoms with E-state index in [1.54, 1.807) is 12.3 Å². The topological polar surface area (TPSA) is 77.3 Å². The molecule has 158 valence electrons. The second-order valence-corrected chi connectivity index (χ2v) is 8.39. The zero-order chi connectivity index (χ0) is 21.0. The number of carbonyl (C=O) groups is 2. The molecule has 3 heterocycles. The van der Waals surface area contributed by atoms with Crippen LogP contribution in [0.15, 0.2) is 12.3 Å². The van der Waals surface area contributed by atoms with E-state index in [0.717, 1.165) is 44.5 Å². The molecule has 2 aromatic rings. The first kappa shape index (κ1) is 21.3. The molecule has 7 nitrogen and oxygen atoms in total. The van der Waals surface area contributed by atoms with Gasteiger partial charge in [0.05, 0.1) is 17.1 Å². The van der Waals surface area contributed by atoms with Gasteiger partial charge in [0.2, 0.25) is 0 Å². The highest BCUT2D eigenvalue weighted by Crippen LogP contribution is 2.25. The number of nitrogens with zero attached hydrogens (tertiary/aromatic N) is 4. The van der Waals surface area contributed by atoms with E-state index < -0.39 is 5.97 Å². The summed E-state index contributed by atoms with van der Waals surface area (Å²) in [5, 5.41) is 5.06. The Balaban J connectivity index is 1.78. The lowest BCUT2D eigenvalue weighted by molar-refractivity contribution is -0.134. The van der Waals surface area contributed by atoms with Gasteiger partial charge < -0.3 is 9.64 Å². The normalized spacial score (nSPS) is 15.6. The lowest BCUT2D eigenvalue weighted by Crippen LogP contribution is -2.37. The highest BCUT2D eigenvalue weighted by molar-refractivity contribution is 6.03. The Morgan fingerprint density at radius 3 is 2.34 bits per heavy atom. The van der Waals surface area contributed by atoms with E-state index in [-0.39, 0.29) is 24.5 Å². The number of amides is 1. The average Bonchev–Trinajstić information content (AvgIpc) is 3.09. The van der Waals surface area contributed by atoms with Crippen LogP contribution in [-0.2, 0) is 9.53 Å². The largest absolute Gasteiger partial charge is 0.452 e. The van der Waals surface area contributed by atoms with Gasteiger partial charge in [-0.15, -0.1) is 0 Å². The van der Waals surface area contributed by atoms with Crippen molar-refractivity contribution in [3.8, 4) is 0 Å². The first-order chi connectivity index (χ1) is 13.9. The third-order valence-electron chi connectivity index (χ3n) is 5.42. The smallest absolute Gasteiger partial charge is 0.339 e. The summed E-state index contributed by atoms with van der Waals surface area (Å²) >= 11 is 0. The van der Waals surface area contributed by atoms with Crippen LogP contribution < -0.4 is 0 Å². The lowest BCUT2D eigenvalue weighted by Gasteiger charge is -2.24. The molecule has 0 unspecified atom stereocenters. The van der Waals surface area contributed by atoms with E-state index in [9.17, 15) is 9.59 Å². The highest BCUT2D eigenvalue weighted by Gasteiger charge is 2.22. The molecule has 1 aliphatic rings. The van der Waals surface area contributed by atoms with E-state index >= 15 is 0 Å². The zero-order valence-electron chi connectivity index (χ0n) is 18.0. The summed E-state index contributed by atoms with van der Waals surface area (Å²) in [7, 11) is 0. The van der Waals surface area contributed by atoms with Crippen LogP contribution in [0.25, 0.3) is 11.0 Å². The molecule has 3 rings (SSSR count). The van der Waals surface area contributed by atoms with Gasteiger partial charge in [0.15, 0.2) is 12.3 Å². The third kappa shape index (κ3) is 4.95. The van der Waals surface area contributed by atoms with Gasteiger partial charge in [-0.2, -0.15) is 5.10 Å². The standard InChI is InChI=1S/C22H32N4O3/c1-15(2)19-12-17(18-13-23-26(16(3)4)21(18)24-19)22(28)29-14-20(27)25-10-8-6-5-7-9-11-25/h12-13,15-16H,5-11,14H2,1-4H3. The Hall–Kier alpha value is -2.44. The van der Waals surface area contributed by atoms with Crippen LogP contribution in [0.3, 0.4) is 0 Å². The second kappa shape index (κ2) is 9.37. The summed E-state index contributed by atoms with van der Waals surface area (Å²) in [6.45, 7) is 9.38. The zero-order valence-corrected chi connectivity index (χ0v) is 18.0. The lowest BCUT2D eigenvalue weighted by atomic mass is 10.1. The molecule has 1 fully saturated rings. The van der Waals surface area contributed by atoms with Crippen molar-refractivity contribution in [2.45, 2.75) is 71.8 Å². The van der Waals surface area contributed by atoms with Crippen LogP contribution in [0, 0.1) is 0 Å². The van der Waals surface area contributed by atoms with E-state index in [1.807, 2.05) is 37.3 Å². The molecule has 7 heteroatoms. The fourth-order valence-electron chi connectivity index (χ4n) is 3.67. The number of esters is 1. The van der Waals surface area contributed by atoms with Gasteiger partial charge in [-0.1, -0.05) is 33.1 Å². The Kier molecular flexibility index (Phi) is 6.87. The fourth-order valence-corrected chi connectivity index (χ4v) is 3.67. The number of rotatable bonds is 5. The van der Waals surface area contributed by atoms with Crippen molar-refractivity contribution in [3.63, 3.8) is 0 Å². The van der Waals surface area contributed by atoms with Gasteiger partial charge in [0.25, 0.3) is 5.91 Å². The maximum absolute atomic E-state index is 12.9. The molecule has 1 saturated heterocycles. The molecule has 0 radical (unpaired) electrons. The van der Waals surface area contributed by atoms with Crippen molar-refractivity contribution in [1.29, 1.82) is 0 Å². The first-order valence-electron chi connectivity index (χ1n) is 10.7. The second-order valence-electron chi connectivity index (χ2n) is 8.39. The number of fused-ring (bicyclic) bond motifs is 1. The minimum absolute atomic E-state index is 0.118. The van der Waals surface area contributed by atoms with E-state index in [1.165, 1.54) is 6.42 Å². The van der Waals surface area contributed by atoms with Gasteiger partial charge in [0.1, 0.15) is 0 Å². The first-order valence-corrected chi connectivity index (χ1v) is 10.7. The summed E-state index contributed by atoms with van der Waals surface area (Å²) in [5.74, 6) is -0.459. The summed E-state index contributed by atoms with van der Waals surface area (Å²) < 4.78 is 7.24. The number of hydrogen-bond donors (Lipinski definition) is 0. The Bertz CT molecular complexity index is 864. The third-order valence-corrected chi connectivity index (χ3v) is 5.42. The molecule has 0 aliphatic carbocycles. The molecule has 2 aromatic heterocycles. The Morgan fingerprint density at radius 1 is 1.07 bits per heavy atom. The number of hydrogen-bond acceptors (Lipinski definition) is 5. The van der Waals surface area contributed by atoms with Gasteiger partial charge in [0, 0.05) is 24.8 Å². The number of likely N-dealkylation sites (tertiary alicyclic amines) is 1. The van der Waals surface area contributed by atoms with E-state index in [2.05, 4.69) is 5.10 Å². The summed E-state index contributed by atoms with van der Waals surface area (Å²) in [6.07, 6.45) is 7.21. The number of pyridine rings is 1. The molecule has 0 bridgehead atoms. The minimum atomic E-state index is -0.497. The summed E-state index contributed by atoms with van der Waals surface area (Å²) in [4.78, 5) is 31.9. The number of carbonyl (C=O) groups excluding carboxylic acids is 2. The molecule has 0 N–H and O–H groups in total. The van der Waals surface area contributed by atoms with Crippen molar-refractivity contribution >= 4 is 22.9 Å². The van der Waals surface area contributed by atoms with Crippen LogP contribution in [0.1, 0.15) is 87.8 Å². The molecule has 0 spiro atoms. The van der Waals surface area contributed by atoms with Gasteiger partial charge in [-0.3, -0.25) is 4.79 Å². The van der Waals surface area contributed by atoms with Crippen molar-refractivity contribution in [1.82, 2.24) is 19.7 Å². The van der Waals surface area contributed by atoms with Crippen molar-refractivity contribution in [3.05, 3.63) is 23.5 Å². The molecular formula is C22H32N4O3. The highest BCUT2D eigenvalue weighted by atomic mass is 16.5. The molecular weight excluding hydrogens is 368 g/mol. The van der Waals surface area contributed by atoms with Crippen LogP contribution in [0.4, 0.5) is 0 Å². The van der Waals surface area contributed by atoms with Crippen molar-refractivity contribution in [2.24, 2.45) is 0 Å². The molecule has 0 saturated carbocycles. The van der Waals surface area contributed by atoms with Crippen LogP contribution >= 0.6 is 0 Å². The molecule has 29 heavy (non-hydrogen) atoms. The monoisotopic (exact) mass is 400 g/mol. The Labute approximate surface area is 172 Å². The maximum Gasteiger partial charge on any atom is 0.339 e. The maximum atomic E-state index is 12.9. The predicted octanol–water partition coefficient (Wildman–Crippen LogP) is 4.09. The molecule has 1 amide bonds. The molecule has 0 atom stereocenters. The van der Waals surface area contributed by atoms with E-state index in [4.69, 9.17) is 9.72 Å². The summed E-state index contributed by atoms with van der Waals surface area (Å²) in [5.41, 5.74) is 1.90. The van der Waals surface area contributed by atoms with Crippen LogP contribution in [0.5, 0.6) is 0 Å². The molecule has 1 aliphatic heterocycles. The average molecular weight is 401 g/mol. The van der Waals surface area contributed by atoms with Gasteiger partial charge in [-0.05, 0) is 38.7 Å². The number of ether oxygens (including phenoxy) is 1. The van der Waals surface area contributed by atoms with Crippen LogP contribution in [0.2, 0.25) is 0 Å². The molecule has 0 aromatic carbocycles. The van der Waals surface area contributed by atoms with Crippen molar-refractivity contribution < 1.29 is 14.3 Å². The van der Waals surface area contributed by atoms with Crippen LogP contribution in [-0.4, -0.2) is 51.2 Å². The minimum Gasteiger partial charge on any atom is -0.452 e. The Morgan fingerprint density at radius 2 is 1.72 bits per heavy atom. The van der Waals surface area contributed by atoms with Crippen molar-refractivity contribution in [2.75, 3.05) is 19.7 Å². The number of aromatic nitrogens is 3. The fraction of sp³-hybridized carbons (Fsp3) is 0.636. The van der Waals surface area contributed by atoms with Gasteiger partial charge in [-0.25, -0.2) is 14.5 Å².